The van der Waals surface area contributed by atoms with Gasteiger partial charge in [-0.3, -0.25) is 0 Å². The number of para-hydroxylation sites is 4. The number of rotatable bonds is 4. The Kier molecular flexibility index (Phi) is 6.61. The number of benzene rings is 8. The van der Waals surface area contributed by atoms with Crippen molar-refractivity contribution in [2.24, 2.45) is 0 Å². The standard InChI is InChI=1S/C50H28N4O/c51-29-31-11-9-12-32(25-31)37-18-10-13-33(30-52)48(37)34-26-35(53-43-19-5-1-14-38(43)39-15-2-6-20-44(39)53)28-36(27-34)54-45-21-7-3-17-42(45)49-46(54)24-23-41-40-16-4-8-22-47(40)55-50(41)49/h1-28H. The summed E-state index contributed by atoms with van der Waals surface area (Å²) in [4.78, 5) is 0. The summed E-state index contributed by atoms with van der Waals surface area (Å²) in [5.41, 5.74) is 12.5. The van der Waals surface area contributed by atoms with Crippen molar-refractivity contribution in [1.29, 1.82) is 10.5 Å². The van der Waals surface area contributed by atoms with Crippen molar-refractivity contribution in [3.63, 3.8) is 0 Å². The van der Waals surface area contributed by atoms with Crippen LogP contribution < -0.4 is 0 Å². The highest BCUT2D eigenvalue weighted by Crippen LogP contribution is 2.43. The molecule has 0 aliphatic rings. The molecule has 0 saturated heterocycles. The molecule has 3 aromatic heterocycles. The highest BCUT2D eigenvalue weighted by atomic mass is 16.3. The van der Waals surface area contributed by atoms with Crippen molar-refractivity contribution in [2.45, 2.75) is 0 Å². The van der Waals surface area contributed by atoms with Gasteiger partial charge in [0.2, 0.25) is 0 Å². The lowest BCUT2D eigenvalue weighted by Crippen LogP contribution is -2.01. The molecule has 0 radical (unpaired) electrons. The second-order valence-corrected chi connectivity index (χ2v) is 13.9. The van der Waals surface area contributed by atoms with E-state index in [4.69, 9.17) is 4.42 Å². The molecule has 11 rings (SSSR count). The van der Waals surface area contributed by atoms with Gasteiger partial charge in [-0.1, -0.05) is 97.1 Å². The fourth-order valence-electron chi connectivity index (χ4n) is 8.66. The van der Waals surface area contributed by atoms with E-state index < -0.39 is 0 Å². The molecule has 0 spiro atoms. The molecule has 0 atom stereocenters. The van der Waals surface area contributed by atoms with Crippen LogP contribution in [0.2, 0.25) is 0 Å². The van der Waals surface area contributed by atoms with Crippen LogP contribution in [0.15, 0.2) is 174 Å². The molecule has 0 fully saturated rings. The third-order valence-corrected chi connectivity index (χ3v) is 11.0. The van der Waals surface area contributed by atoms with Crippen molar-refractivity contribution >= 4 is 65.6 Å². The molecule has 0 unspecified atom stereocenters. The zero-order valence-corrected chi connectivity index (χ0v) is 29.4. The molecule has 0 aliphatic carbocycles. The van der Waals surface area contributed by atoms with Crippen LogP contribution in [0, 0.1) is 22.7 Å². The van der Waals surface area contributed by atoms with E-state index in [2.05, 4.69) is 137 Å². The Bertz CT molecular complexity index is 3420. The Balaban J connectivity index is 1.29. The van der Waals surface area contributed by atoms with Gasteiger partial charge in [0, 0.05) is 43.9 Å². The number of hydrogen-bond donors (Lipinski definition) is 0. The third kappa shape index (κ3) is 4.51. The Morgan fingerprint density at radius 1 is 0.436 bits per heavy atom. The maximum atomic E-state index is 10.7. The molecule has 254 valence electrons. The molecular formula is C50H28N4O. The quantitative estimate of drug-likeness (QED) is 0.183. The zero-order valence-electron chi connectivity index (χ0n) is 29.4. The van der Waals surface area contributed by atoms with Gasteiger partial charge >= 0.3 is 0 Å². The summed E-state index contributed by atoms with van der Waals surface area (Å²) in [7, 11) is 0. The van der Waals surface area contributed by atoms with Crippen LogP contribution in [0.1, 0.15) is 11.1 Å². The molecule has 0 bridgehead atoms. The van der Waals surface area contributed by atoms with E-state index >= 15 is 0 Å². The summed E-state index contributed by atoms with van der Waals surface area (Å²) >= 11 is 0. The van der Waals surface area contributed by atoms with Crippen LogP contribution in [0.25, 0.3) is 99.2 Å². The van der Waals surface area contributed by atoms with Crippen LogP contribution >= 0.6 is 0 Å². The average molecular weight is 701 g/mol. The monoisotopic (exact) mass is 700 g/mol. The summed E-state index contributed by atoms with van der Waals surface area (Å²) < 4.78 is 11.3. The van der Waals surface area contributed by atoms with Crippen molar-refractivity contribution < 1.29 is 4.42 Å². The lowest BCUT2D eigenvalue weighted by Gasteiger charge is -2.18. The Hall–Kier alpha value is -7.86. The first-order valence-electron chi connectivity index (χ1n) is 18.2. The number of hydrogen-bond acceptors (Lipinski definition) is 3. The normalized spacial score (nSPS) is 11.6. The van der Waals surface area contributed by atoms with E-state index in [0.717, 1.165) is 88.4 Å². The lowest BCUT2D eigenvalue weighted by molar-refractivity contribution is 0.673. The van der Waals surface area contributed by atoms with Crippen LogP contribution in [0.3, 0.4) is 0 Å². The van der Waals surface area contributed by atoms with Crippen LogP contribution in [0.4, 0.5) is 0 Å². The van der Waals surface area contributed by atoms with Crippen molar-refractivity contribution in [3.05, 3.63) is 181 Å². The summed E-state index contributed by atoms with van der Waals surface area (Å²) in [6.45, 7) is 0. The van der Waals surface area contributed by atoms with Crippen molar-refractivity contribution in [1.82, 2.24) is 9.13 Å². The first-order valence-corrected chi connectivity index (χ1v) is 18.2. The van der Waals surface area contributed by atoms with Gasteiger partial charge in [-0.05, 0) is 89.5 Å². The summed E-state index contributed by atoms with van der Waals surface area (Å²) in [6.07, 6.45) is 0. The molecule has 0 saturated carbocycles. The maximum absolute atomic E-state index is 10.7. The predicted octanol–water partition coefficient (Wildman–Crippen LogP) is 12.9. The maximum Gasteiger partial charge on any atom is 0.145 e. The number of fused-ring (bicyclic) bond motifs is 10. The number of aromatic nitrogens is 2. The number of nitriles is 2. The van der Waals surface area contributed by atoms with Gasteiger partial charge in [0.05, 0.1) is 50.7 Å². The van der Waals surface area contributed by atoms with Gasteiger partial charge in [-0.2, -0.15) is 10.5 Å². The fourth-order valence-corrected chi connectivity index (χ4v) is 8.66. The zero-order chi connectivity index (χ0) is 36.6. The molecule has 0 aliphatic heterocycles. The molecule has 0 amide bonds. The minimum Gasteiger partial charge on any atom is -0.455 e. The molecule has 3 heterocycles. The first kappa shape index (κ1) is 30.7. The summed E-state index contributed by atoms with van der Waals surface area (Å²) in [5, 5.41) is 27.1. The van der Waals surface area contributed by atoms with Gasteiger partial charge in [0.1, 0.15) is 11.2 Å². The van der Waals surface area contributed by atoms with Crippen molar-refractivity contribution in [2.75, 3.05) is 0 Å². The highest BCUT2D eigenvalue weighted by Gasteiger charge is 2.22. The third-order valence-electron chi connectivity index (χ3n) is 11.0. The van der Waals surface area contributed by atoms with E-state index in [0.29, 0.717) is 11.1 Å². The summed E-state index contributed by atoms with van der Waals surface area (Å²) in [6, 6.07) is 63.0. The Morgan fingerprint density at radius 3 is 1.76 bits per heavy atom. The molecular weight excluding hydrogens is 673 g/mol. The molecule has 0 N–H and O–H groups in total. The molecule has 55 heavy (non-hydrogen) atoms. The van der Waals surface area contributed by atoms with E-state index in [1.54, 1.807) is 6.07 Å². The van der Waals surface area contributed by atoms with Crippen LogP contribution in [-0.4, -0.2) is 9.13 Å². The lowest BCUT2D eigenvalue weighted by atomic mass is 9.90. The molecule has 8 aromatic carbocycles. The van der Waals surface area contributed by atoms with Gasteiger partial charge in [0.15, 0.2) is 0 Å². The first-order chi connectivity index (χ1) is 27.2. The van der Waals surface area contributed by atoms with Gasteiger partial charge in [-0.25, -0.2) is 0 Å². The predicted molar refractivity (Wildman–Crippen MR) is 223 cm³/mol. The smallest absolute Gasteiger partial charge is 0.145 e. The van der Waals surface area contributed by atoms with E-state index in [1.165, 1.54) is 10.8 Å². The number of furan rings is 1. The van der Waals surface area contributed by atoms with Gasteiger partial charge in [-0.15, -0.1) is 0 Å². The van der Waals surface area contributed by atoms with E-state index in [1.807, 2.05) is 48.5 Å². The van der Waals surface area contributed by atoms with Crippen molar-refractivity contribution in [3.8, 4) is 45.8 Å². The van der Waals surface area contributed by atoms with Crippen LogP contribution in [0.5, 0.6) is 0 Å². The topological polar surface area (TPSA) is 70.6 Å². The second-order valence-electron chi connectivity index (χ2n) is 13.9. The summed E-state index contributed by atoms with van der Waals surface area (Å²) in [5.74, 6) is 0. The molecule has 5 nitrogen and oxygen atoms in total. The van der Waals surface area contributed by atoms with E-state index in [9.17, 15) is 10.5 Å². The van der Waals surface area contributed by atoms with Crippen LogP contribution in [-0.2, 0) is 0 Å². The average Bonchev–Trinajstić information content (AvgIpc) is 3.91. The van der Waals surface area contributed by atoms with Gasteiger partial charge in [0.25, 0.3) is 0 Å². The SMILES string of the molecule is N#Cc1cccc(-c2cccc(C#N)c2-c2cc(-n3c4ccccc4c4ccccc43)cc(-n3c4ccccc4c4c5oc6ccccc6c5ccc43)c2)c1. The minimum atomic E-state index is 0.552. The minimum absolute atomic E-state index is 0.552. The Morgan fingerprint density at radius 2 is 1.05 bits per heavy atom. The fraction of sp³-hybridized carbons (Fsp3) is 0. The molecule has 5 heteroatoms. The Labute approximate surface area is 315 Å². The molecule has 11 aromatic rings. The second kappa shape index (κ2) is 11.8. The van der Waals surface area contributed by atoms with Gasteiger partial charge < -0.3 is 13.6 Å². The van der Waals surface area contributed by atoms with E-state index in [-0.39, 0.29) is 0 Å². The largest absolute Gasteiger partial charge is 0.455 e. The number of nitrogens with zero attached hydrogens (tertiary/aromatic N) is 4. The highest BCUT2D eigenvalue weighted by molar-refractivity contribution is 6.24.